The van der Waals surface area contributed by atoms with Crippen LogP contribution in [0.5, 0.6) is 0 Å². The van der Waals surface area contributed by atoms with Gasteiger partial charge in [-0.2, -0.15) is 0 Å². The number of nitrogens with zero attached hydrogens (tertiary/aromatic N) is 1. The number of likely N-dealkylation sites (tertiary alicyclic amines) is 1. The second-order valence-electron chi connectivity index (χ2n) is 6.47. The number of carbonyl (C=O) groups is 2. The van der Waals surface area contributed by atoms with Gasteiger partial charge in [0.1, 0.15) is 5.41 Å². The van der Waals surface area contributed by atoms with Crippen molar-refractivity contribution < 1.29 is 19.1 Å². The average Bonchev–Trinajstić information content (AvgIpc) is 3.13. The van der Waals surface area contributed by atoms with Gasteiger partial charge in [0.2, 0.25) is 5.91 Å². The van der Waals surface area contributed by atoms with Gasteiger partial charge in [-0.05, 0) is 18.4 Å². The van der Waals surface area contributed by atoms with Gasteiger partial charge in [0.05, 0.1) is 20.3 Å². The summed E-state index contributed by atoms with van der Waals surface area (Å²) in [6.07, 6.45) is 2.24. The fourth-order valence-electron chi connectivity index (χ4n) is 3.66. The lowest BCUT2D eigenvalue weighted by Gasteiger charge is -2.23. The van der Waals surface area contributed by atoms with Crippen molar-refractivity contribution in [1.82, 2.24) is 4.90 Å². The van der Waals surface area contributed by atoms with Gasteiger partial charge in [0, 0.05) is 25.4 Å². The first-order valence-electron chi connectivity index (χ1n) is 8.13. The molecule has 0 N–H and O–H groups in total. The van der Waals surface area contributed by atoms with Crippen LogP contribution in [-0.2, 0) is 25.5 Å². The maximum absolute atomic E-state index is 12.5. The van der Waals surface area contributed by atoms with Crippen molar-refractivity contribution in [2.45, 2.75) is 19.3 Å². The number of aryl methyl sites for hydroxylation is 1. The number of carbonyl (C=O) groups excluding carboxylic acids is 2. The average molecular weight is 354 g/mol. The van der Waals surface area contributed by atoms with Crippen LogP contribution >= 0.6 is 12.4 Å². The molecule has 2 atom stereocenters. The Morgan fingerprint density at radius 2 is 2.08 bits per heavy atom. The van der Waals surface area contributed by atoms with Crippen LogP contribution in [0.1, 0.15) is 18.4 Å². The number of rotatable bonds is 5. The number of ether oxygens (including phenoxy) is 2. The molecule has 1 aromatic rings. The number of amides is 1. The summed E-state index contributed by atoms with van der Waals surface area (Å²) in [5, 5.41) is 0. The zero-order valence-corrected chi connectivity index (χ0v) is 14.7. The highest BCUT2D eigenvalue weighted by molar-refractivity contribution is 5.85. The Kier molecular flexibility index (Phi) is 6.24. The summed E-state index contributed by atoms with van der Waals surface area (Å²) in [6, 6.07) is 10.2. The number of methoxy groups -OCH3 is 1. The molecule has 0 spiro atoms. The zero-order chi connectivity index (χ0) is 16.3. The Balaban J connectivity index is 0.00000208. The summed E-state index contributed by atoms with van der Waals surface area (Å²) in [4.78, 5) is 26.4. The quantitative estimate of drug-likeness (QED) is 0.760. The predicted octanol–water partition coefficient (Wildman–Crippen LogP) is 2.08. The van der Waals surface area contributed by atoms with E-state index >= 15 is 0 Å². The minimum absolute atomic E-state index is 0. The normalized spacial score (nSPS) is 25.0. The standard InChI is InChI=1S/C18H23NO4.ClH/c1-22-17(21)18-12-19(10-15(18)11-23-13-18)16(20)9-5-8-14-6-3-2-4-7-14;/h2-4,6-7,15H,5,8-13H2,1H3;1H/t15-,18-;/m0./s1. The highest BCUT2D eigenvalue weighted by Crippen LogP contribution is 2.42. The second-order valence-corrected chi connectivity index (χ2v) is 6.47. The molecule has 1 aromatic carbocycles. The Labute approximate surface area is 148 Å². The van der Waals surface area contributed by atoms with E-state index in [1.165, 1.54) is 12.7 Å². The number of esters is 1. The highest BCUT2D eigenvalue weighted by Gasteiger charge is 2.57. The molecule has 0 bridgehead atoms. The summed E-state index contributed by atoms with van der Waals surface area (Å²) >= 11 is 0. The molecule has 132 valence electrons. The molecular formula is C18H24ClNO4. The van der Waals surface area contributed by atoms with Crippen molar-refractivity contribution >= 4 is 24.3 Å². The number of halogens is 1. The molecule has 6 heteroatoms. The van der Waals surface area contributed by atoms with Crippen LogP contribution in [0.2, 0.25) is 0 Å². The van der Waals surface area contributed by atoms with Crippen LogP contribution in [0, 0.1) is 11.3 Å². The van der Waals surface area contributed by atoms with Gasteiger partial charge in [-0.3, -0.25) is 9.59 Å². The molecular weight excluding hydrogens is 330 g/mol. The molecule has 0 aliphatic carbocycles. The first kappa shape index (κ1) is 18.7. The molecule has 0 unspecified atom stereocenters. The summed E-state index contributed by atoms with van der Waals surface area (Å²) < 4.78 is 10.4. The molecule has 24 heavy (non-hydrogen) atoms. The highest BCUT2D eigenvalue weighted by atomic mass is 35.5. The van der Waals surface area contributed by atoms with Crippen molar-refractivity contribution in [2.75, 3.05) is 33.4 Å². The summed E-state index contributed by atoms with van der Waals surface area (Å²) in [5.41, 5.74) is 0.599. The molecule has 0 radical (unpaired) electrons. The SMILES string of the molecule is COC(=O)[C@@]12COC[C@@H]1CN(C(=O)CCCc1ccccc1)C2.Cl. The van der Waals surface area contributed by atoms with Crippen molar-refractivity contribution in [1.29, 1.82) is 0 Å². The fourth-order valence-corrected chi connectivity index (χ4v) is 3.66. The van der Waals surface area contributed by atoms with Crippen molar-refractivity contribution in [3.63, 3.8) is 0 Å². The van der Waals surface area contributed by atoms with Gasteiger partial charge in [-0.25, -0.2) is 0 Å². The lowest BCUT2D eigenvalue weighted by atomic mass is 9.81. The third-order valence-electron chi connectivity index (χ3n) is 5.02. The van der Waals surface area contributed by atoms with E-state index in [2.05, 4.69) is 12.1 Å². The molecule has 2 fully saturated rings. The summed E-state index contributed by atoms with van der Waals surface area (Å²) in [7, 11) is 1.40. The molecule has 5 nitrogen and oxygen atoms in total. The Morgan fingerprint density at radius 1 is 1.33 bits per heavy atom. The first-order chi connectivity index (χ1) is 11.2. The first-order valence-corrected chi connectivity index (χ1v) is 8.13. The summed E-state index contributed by atoms with van der Waals surface area (Å²) in [5.74, 6) is -0.0637. The maximum Gasteiger partial charge on any atom is 0.316 e. The Morgan fingerprint density at radius 3 is 2.79 bits per heavy atom. The van der Waals surface area contributed by atoms with E-state index in [0.717, 1.165) is 12.8 Å². The van der Waals surface area contributed by atoms with E-state index in [0.29, 0.717) is 32.7 Å². The molecule has 1 amide bonds. The topological polar surface area (TPSA) is 55.8 Å². The molecule has 2 heterocycles. The van der Waals surface area contributed by atoms with Crippen molar-refractivity contribution in [2.24, 2.45) is 11.3 Å². The minimum Gasteiger partial charge on any atom is -0.468 e. The molecule has 0 saturated carbocycles. The third-order valence-corrected chi connectivity index (χ3v) is 5.02. The molecule has 3 rings (SSSR count). The van der Waals surface area contributed by atoms with E-state index < -0.39 is 5.41 Å². The largest absolute Gasteiger partial charge is 0.468 e. The van der Waals surface area contributed by atoms with Gasteiger partial charge < -0.3 is 14.4 Å². The second kappa shape index (κ2) is 7.99. The number of benzene rings is 1. The monoisotopic (exact) mass is 353 g/mol. The number of hydrogen-bond donors (Lipinski definition) is 0. The van der Waals surface area contributed by atoms with E-state index in [4.69, 9.17) is 9.47 Å². The van der Waals surface area contributed by atoms with Crippen LogP contribution in [0.4, 0.5) is 0 Å². The van der Waals surface area contributed by atoms with Gasteiger partial charge in [-0.1, -0.05) is 30.3 Å². The van der Waals surface area contributed by atoms with Crippen LogP contribution in [0.3, 0.4) is 0 Å². The molecule has 0 aromatic heterocycles. The van der Waals surface area contributed by atoms with Crippen LogP contribution < -0.4 is 0 Å². The van der Waals surface area contributed by atoms with E-state index in [9.17, 15) is 9.59 Å². The van der Waals surface area contributed by atoms with Gasteiger partial charge in [0.25, 0.3) is 0 Å². The van der Waals surface area contributed by atoms with E-state index in [-0.39, 0.29) is 30.2 Å². The molecule has 2 aliphatic rings. The third kappa shape index (κ3) is 3.57. The Bertz CT molecular complexity index is 580. The minimum atomic E-state index is -0.649. The summed E-state index contributed by atoms with van der Waals surface area (Å²) in [6.45, 7) is 1.91. The predicted molar refractivity (Wildman–Crippen MR) is 92.0 cm³/mol. The lowest BCUT2D eigenvalue weighted by molar-refractivity contribution is -0.153. The molecule has 2 aliphatic heterocycles. The van der Waals surface area contributed by atoms with Crippen molar-refractivity contribution in [3.05, 3.63) is 35.9 Å². The fraction of sp³-hybridized carbons (Fsp3) is 0.556. The van der Waals surface area contributed by atoms with Gasteiger partial charge >= 0.3 is 5.97 Å². The van der Waals surface area contributed by atoms with E-state index in [1.54, 1.807) is 0 Å². The number of hydrogen-bond acceptors (Lipinski definition) is 4. The van der Waals surface area contributed by atoms with Gasteiger partial charge in [0.15, 0.2) is 0 Å². The van der Waals surface area contributed by atoms with E-state index in [1.807, 2.05) is 23.1 Å². The van der Waals surface area contributed by atoms with Crippen LogP contribution in [-0.4, -0.2) is 50.2 Å². The molecule has 2 saturated heterocycles. The maximum atomic E-state index is 12.5. The zero-order valence-electron chi connectivity index (χ0n) is 13.9. The van der Waals surface area contributed by atoms with Crippen LogP contribution in [0.15, 0.2) is 30.3 Å². The van der Waals surface area contributed by atoms with Crippen LogP contribution in [0.25, 0.3) is 0 Å². The van der Waals surface area contributed by atoms with Gasteiger partial charge in [-0.15, -0.1) is 12.4 Å². The number of fused-ring (bicyclic) bond motifs is 1. The smallest absolute Gasteiger partial charge is 0.316 e. The Hall–Kier alpha value is -1.59. The van der Waals surface area contributed by atoms with Crippen molar-refractivity contribution in [3.8, 4) is 0 Å². The lowest BCUT2D eigenvalue weighted by Crippen LogP contribution is -2.41.